The summed E-state index contributed by atoms with van der Waals surface area (Å²) in [5.41, 5.74) is 6.17. The fourth-order valence-electron chi connectivity index (χ4n) is 1.34. The van der Waals surface area contributed by atoms with Crippen molar-refractivity contribution in [1.82, 2.24) is 10.3 Å². The molecule has 0 spiro atoms. The number of aromatic nitrogens is 1. The van der Waals surface area contributed by atoms with Gasteiger partial charge in [0.1, 0.15) is 4.88 Å². The normalized spacial score (nSPS) is 11.8. The van der Waals surface area contributed by atoms with Crippen LogP contribution in [0.1, 0.15) is 35.1 Å². The molecule has 1 amide bonds. The molecule has 0 radical (unpaired) electrons. The molecule has 1 unspecified atom stereocenters. The Morgan fingerprint density at radius 1 is 1.75 bits per heavy atom. The number of nitrogen functional groups attached to an aromatic ring is 1. The van der Waals surface area contributed by atoms with Crippen LogP contribution in [0, 0.1) is 19.3 Å². The molecule has 1 rings (SSSR count). The Morgan fingerprint density at radius 3 is 2.88 bits per heavy atom. The lowest BCUT2D eigenvalue weighted by Crippen LogP contribution is -2.33. The van der Waals surface area contributed by atoms with Gasteiger partial charge in [0.25, 0.3) is 5.91 Å². The Bertz CT molecular complexity index is 419. The number of thiazole rings is 1. The second-order valence-electron chi connectivity index (χ2n) is 3.45. The predicted octanol–water partition coefficient (Wildman–Crippen LogP) is 1.57. The summed E-state index contributed by atoms with van der Waals surface area (Å²) >= 11 is 1.18. The van der Waals surface area contributed by atoms with Crippen molar-refractivity contribution >= 4 is 22.4 Å². The van der Waals surface area contributed by atoms with Crippen molar-refractivity contribution in [3.05, 3.63) is 10.6 Å². The Balaban J connectivity index is 2.72. The number of carbonyl (C=O) groups is 1. The van der Waals surface area contributed by atoms with Crippen LogP contribution in [0.15, 0.2) is 0 Å². The van der Waals surface area contributed by atoms with Crippen LogP contribution in [0.3, 0.4) is 0 Å². The van der Waals surface area contributed by atoms with Crippen molar-refractivity contribution in [3.63, 3.8) is 0 Å². The molecule has 0 aliphatic heterocycles. The highest BCUT2D eigenvalue weighted by Gasteiger charge is 2.16. The van der Waals surface area contributed by atoms with Crippen molar-refractivity contribution in [3.8, 4) is 12.3 Å². The van der Waals surface area contributed by atoms with E-state index in [2.05, 4.69) is 16.2 Å². The largest absolute Gasteiger partial charge is 0.375 e. The third-order valence-corrected chi connectivity index (χ3v) is 3.09. The Kier molecular flexibility index (Phi) is 4.32. The van der Waals surface area contributed by atoms with Gasteiger partial charge in [-0.1, -0.05) is 30.6 Å². The zero-order chi connectivity index (χ0) is 12.1. The lowest BCUT2D eigenvalue weighted by atomic mass is 10.2. The molecule has 0 saturated heterocycles. The van der Waals surface area contributed by atoms with E-state index in [4.69, 9.17) is 12.2 Å². The molecular formula is C11H15N3OS. The summed E-state index contributed by atoms with van der Waals surface area (Å²) in [5, 5.41) is 3.18. The van der Waals surface area contributed by atoms with E-state index in [0.29, 0.717) is 15.7 Å². The molecule has 0 aromatic carbocycles. The van der Waals surface area contributed by atoms with E-state index < -0.39 is 0 Å². The van der Waals surface area contributed by atoms with Crippen LogP contribution in [-0.2, 0) is 0 Å². The van der Waals surface area contributed by atoms with Gasteiger partial charge < -0.3 is 11.1 Å². The number of hydrogen-bond acceptors (Lipinski definition) is 4. The molecule has 1 aromatic rings. The van der Waals surface area contributed by atoms with E-state index in [9.17, 15) is 4.79 Å². The summed E-state index contributed by atoms with van der Waals surface area (Å²) in [6.45, 7) is 3.78. The van der Waals surface area contributed by atoms with Crippen LogP contribution in [-0.4, -0.2) is 16.9 Å². The molecule has 0 saturated carbocycles. The molecule has 0 aliphatic carbocycles. The molecule has 0 aliphatic rings. The predicted molar refractivity (Wildman–Crippen MR) is 66.3 cm³/mol. The third-order valence-electron chi connectivity index (χ3n) is 2.10. The number of nitrogens with two attached hydrogens (primary N) is 1. The van der Waals surface area contributed by atoms with Gasteiger partial charge in [0.05, 0.1) is 11.7 Å². The number of amides is 1. The number of terminal acetylenes is 1. The maximum atomic E-state index is 11.8. The number of nitrogens with one attached hydrogen (secondary N) is 1. The smallest absolute Gasteiger partial charge is 0.264 e. The minimum Gasteiger partial charge on any atom is -0.375 e. The minimum atomic E-state index is -0.222. The Hall–Kier alpha value is -1.54. The second-order valence-corrected chi connectivity index (χ2v) is 4.48. The SMILES string of the molecule is C#CC(CCC)NC(=O)c1sc(N)nc1C. The van der Waals surface area contributed by atoms with E-state index in [1.54, 1.807) is 6.92 Å². The van der Waals surface area contributed by atoms with Gasteiger partial charge in [-0.3, -0.25) is 4.79 Å². The Morgan fingerprint density at radius 2 is 2.44 bits per heavy atom. The summed E-state index contributed by atoms with van der Waals surface area (Å²) in [4.78, 5) is 16.4. The van der Waals surface area contributed by atoms with Gasteiger partial charge in [0.2, 0.25) is 0 Å². The van der Waals surface area contributed by atoms with Crippen LogP contribution in [0.5, 0.6) is 0 Å². The summed E-state index contributed by atoms with van der Waals surface area (Å²) in [6.07, 6.45) is 7.03. The molecule has 1 atom stereocenters. The van der Waals surface area contributed by atoms with Crippen molar-refractivity contribution < 1.29 is 4.79 Å². The van der Waals surface area contributed by atoms with Crippen LogP contribution in [0.4, 0.5) is 5.13 Å². The van der Waals surface area contributed by atoms with Gasteiger partial charge >= 0.3 is 0 Å². The lowest BCUT2D eigenvalue weighted by Gasteiger charge is -2.10. The third kappa shape index (κ3) is 2.97. The zero-order valence-corrected chi connectivity index (χ0v) is 10.2. The van der Waals surface area contributed by atoms with E-state index >= 15 is 0 Å². The fourth-order valence-corrected chi connectivity index (χ4v) is 2.07. The van der Waals surface area contributed by atoms with Crippen molar-refractivity contribution in [2.75, 3.05) is 5.73 Å². The molecule has 5 heteroatoms. The summed E-state index contributed by atoms with van der Waals surface area (Å²) < 4.78 is 0. The molecule has 3 N–H and O–H groups in total. The highest BCUT2D eigenvalue weighted by atomic mass is 32.1. The molecule has 0 bridgehead atoms. The number of rotatable bonds is 4. The summed E-state index contributed by atoms with van der Waals surface area (Å²) in [5.74, 6) is 2.36. The number of hydrogen-bond donors (Lipinski definition) is 2. The average molecular weight is 237 g/mol. The van der Waals surface area contributed by atoms with Crippen LogP contribution >= 0.6 is 11.3 Å². The maximum Gasteiger partial charge on any atom is 0.264 e. The highest BCUT2D eigenvalue weighted by molar-refractivity contribution is 7.17. The number of carbonyl (C=O) groups excluding carboxylic acids is 1. The topological polar surface area (TPSA) is 68.0 Å². The van der Waals surface area contributed by atoms with Gasteiger partial charge in [-0.25, -0.2) is 4.98 Å². The van der Waals surface area contributed by atoms with Crippen LogP contribution in [0.2, 0.25) is 0 Å². The van der Waals surface area contributed by atoms with Gasteiger partial charge in [0, 0.05) is 0 Å². The molecule has 1 heterocycles. The molecule has 0 fully saturated rings. The molecule has 4 nitrogen and oxygen atoms in total. The number of aryl methyl sites for hydroxylation is 1. The zero-order valence-electron chi connectivity index (χ0n) is 9.41. The highest BCUT2D eigenvalue weighted by Crippen LogP contribution is 2.19. The van der Waals surface area contributed by atoms with E-state index in [-0.39, 0.29) is 11.9 Å². The quantitative estimate of drug-likeness (QED) is 0.781. The molecular weight excluding hydrogens is 222 g/mol. The first-order chi connectivity index (χ1) is 7.58. The van der Waals surface area contributed by atoms with Gasteiger partial charge in [-0.2, -0.15) is 0 Å². The standard InChI is InChI=1S/C11H15N3OS/c1-4-6-8(5-2)14-10(15)9-7(3)13-11(12)16-9/h2,8H,4,6H2,1,3H3,(H2,12,13)(H,14,15). The average Bonchev–Trinajstić information content (AvgIpc) is 2.57. The molecule has 1 aromatic heterocycles. The Labute approximate surface area is 99.3 Å². The maximum absolute atomic E-state index is 11.8. The molecule has 16 heavy (non-hydrogen) atoms. The van der Waals surface area contributed by atoms with Gasteiger partial charge in [-0.05, 0) is 13.3 Å². The van der Waals surface area contributed by atoms with Crippen LogP contribution < -0.4 is 11.1 Å². The van der Waals surface area contributed by atoms with Crippen molar-refractivity contribution in [2.24, 2.45) is 0 Å². The van der Waals surface area contributed by atoms with Gasteiger partial charge in [-0.15, -0.1) is 6.42 Å². The van der Waals surface area contributed by atoms with E-state index in [0.717, 1.165) is 12.8 Å². The fraction of sp³-hybridized carbons (Fsp3) is 0.455. The summed E-state index contributed by atoms with van der Waals surface area (Å²) in [6, 6.07) is -0.222. The van der Waals surface area contributed by atoms with Gasteiger partial charge in [0.15, 0.2) is 5.13 Å². The summed E-state index contributed by atoms with van der Waals surface area (Å²) in [7, 11) is 0. The first-order valence-corrected chi connectivity index (χ1v) is 5.90. The van der Waals surface area contributed by atoms with Crippen LogP contribution in [0.25, 0.3) is 0 Å². The van der Waals surface area contributed by atoms with Crippen molar-refractivity contribution in [2.45, 2.75) is 32.7 Å². The first kappa shape index (κ1) is 12.5. The monoisotopic (exact) mass is 237 g/mol. The minimum absolute atomic E-state index is 0.192. The number of anilines is 1. The lowest BCUT2D eigenvalue weighted by molar-refractivity contribution is 0.0947. The number of nitrogens with zero attached hydrogens (tertiary/aromatic N) is 1. The van der Waals surface area contributed by atoms with Crippen molar-refractivity contribution in [1.29, 1.82) is 0 Å². The molecule has 86 valence electrons. The second kappa shape index (κ2) is 5.52. The van der Waals surface area contributed by atoms with E-state index in [1.807, 2.05) is 6.92 Å². The first-order valence-electron chi connectivity index (χ1n) is 5.08. The van der Waals surface area contributed by atoms with E-state index in [1.165, 1.54) is 11.3 Å².